The average molecular weight is 437 g/mol. The number of hydrogen-bond donors (Lipinski definition) is 1. The predicted molar refractivity (Wildman–Crippen MR) is 105 cm³/mol. The first-order valence-electron chi connectivity index (χ1n) is 9.46. The van der Waals surface area contributed by atoms with Gasteiger partial charge in [0.15, 0.2) is 6.61 Å². The van der Waals surface area contributed by atoms with E-state index in [-0.39, 0.29) is 25.0 Å². The van der Waals surface area contributed by atoms with Crippen LogP contribution in [0.25, 0.3) is 0 Å². The maximum absolute atomic E-state index is 12.3. The summed E-state index contributed by atoms with van der Waals surface area (Å²) in [7, 11) is 0. The van der Waals surface area contributed by atoms with Crippen LogP contribution in [-0.2, 0) is 19.1 Å². The number of nitrogens with one attached hydrogen (secondary N) is 1. The van der Waals surface area contributed by atoms with E-state index in [9.17, 15) is 14.4 Å². The molecule has 1 aromatic rings. The molecule has 2 fully saturated rings. The summed E-state index contributed by atoms with van der Waals surface area (Å²) in [4.78, 5) is 38.4. The molecule has 1 saturated carbocycles. The number of carbonyl (C=O) groups excluding carboxylic acids is 3. The molecule has 0 bridgehead atoms. The van der Waals surface area contributed by atoms with E-state index in [0.717, 1.165) is 35.7 Å². The molecule has 2 amide bonds. The summed E-state index contributed by atoms with van der Waals surface area (Å²) in [5.74, 6) is -1.30. The molecule has 0 spiro atoms. The number of benzene rings is 1. The summed E-state index contributed by atoms with van der Waals surface area (Å²) in [6.07, 6.45) is 5.71. The predicted octanol–water partition coefficient (Wildman–Crippen LogP) is 3.42. The number of esters is 1. The molecular weight excluding hydrogens is 412 g/mol. The molecule has 1 heterocycles. The molecule has 3 rings (SSSR count). The summed E-state index contributed by atoms with van der Waals surface area (Å²) in [6.45, 7) is 1.99. The Balaban J connectivity index is 1.46. The minimum Gasteiger partial charge on any atom is -0.455 e. The van der Waals surface area contributed by atoms with Gasteiger partial charge in [0.25, 0.3) is 5.91 Å². The van der Waals surface area contributed by atoms with Crippen molar-refractivity contribution in [3.05, 3.63) is 28.2 Å². The van der Waals surface area contributed by atoms with Gasteiger partial charge in [0, 0.05) is 29.2 Å². The number of hydrogen-bond acceptors (Lipinski definition) is 4. The number of aryl methyl sites for hydroxylation is 1. The Morgan fingerprint density at radius 2 is 2.00 bits per heavy atom. The molecule has 1 aliphatic carbocycles. The van der Waals surface area contributed by atoms with Gasteiger partial charge in [-0.1, -0.05) is 35.2 Å². The molecule has 1 atom stereocenters. The summed E-state index contributed by atoms with van der Waals surface area (Å²) in [6, 6.07) is 5.71. The maximum atomic E-state index is 12.3. The molecule has 146 valence electrons. The second-order valence-electron chi connectivity index (χ2n) is 7.36. The van der Waals surface area contributed by atoms with E-state index in [0.29, 0.717) is 12.2 Å². The van der Waals surface area contributed by atoms with E-state index in [1.807, 2.05) is 24.0 Å². The van der Waals surface area contributed by atoms with Crippen LogP contribution in [0.4, 0.5) is 5.69 Å². The van der Waals surface area contributed by atoms with Crippen LogP contribution in [0.1, 0.15) is 44.1 Å². The van der Waals surface area contributed by atoms with Crippen molar-refractivity contribution in [2.45, 2.75) is 51.5 Å². The lowest BCUT2D eigenvalue weighted by atomic mass is 9.94. The minimum absolute atomic E-state index is 0.0265. The Morgan fingerprint density at radius 1 is 1.26 bits per heavy atom. The fourth-order valence-electron chi connectivity index (χ4n) is 3.81. The first kappa shape index (κ1) is 19.9. The highest BCUT2D eigenvalue weighted by Crippen LogP contribution is 2.29. The van der Waals surface area contributed by atoms with E-state index < -0.39 is 17.8 Å². The SMILES string of the molecule is Cc1cc(NC(=O)COC(=O)[C@H]2CC(=O)N(C3CCCCC3)C2)ccc1Br. The lowest BCUT2D eigenvalue weighted by Crippen LogP contribution is -2.38. The van der Waals surface area contributed by atoms with Crippen molar-refractivity contribution < 1.29 is 19.1 Å². The highest BCUT2D eigenvalue weighted by atomic mass is 79.9. The van der Waals surface area contributed by atoms with Gasteiger partial charge in [-0.05, 0) is 43.5 Å². The van der Waals surface area contributed by atoms with E-state index in [1.165, 1.54) is 6.42 Å². The van der Waals surface area contributed by atoms with Gasteiger partial charge in [-0.2, -0.15) is 0 Å². The van der Waals surface area contributed by atoms with Crippen molar-refractivity contribution in [1.82, 2.24) is 4.90 Å². The number of rotatable bonds is 5. The number of anilines is 1. The third-order valence-corrected chi connectivity index (χ3v) is 6.18. The first-order chi connectivity index (χ1) is 12.9. The second kappa shape index (κ2) is 8.87. The van der Waals surface area contributed by atoms with Gasteiger partial charge < -0.3 is 15.0 Å². The Morgan fingerprint density at radius 3 is 2.70 bits per heavy atom. The smallest absolute Gasteiger partial charge is 0.311 e. The zero-order valence-corrected chi connectivity index (χ0v) is 17.1. The Kier molecular flexibility index (Phi) is 6.52. The molecular formula is C20H25BrN2O4. The topological polar surface area (TPSA) is 75.7 Å². The molecule has 1 saturated heterocycles. The van der Waals surface area contributed by atoms with Gasteiger partial charge >= 0.3 is 5.97 Å². The second-order valence-corrected chi connectivity index (χ2v) is 8.21. The summed E-state index contributed by atoms with van der Waals surface area (Å²) >= 11 is 3.41. The molecule has 1 aromatic carbocycles. The van der Waals surface area contributed by atoms with E-state index in [4.69, 9.17) is 4.74 Å². The molecule has 0 radical (unpaired) electrons. The van der Waals surface area contributed by atoms with Crippen molar-refractivity contribution in [3.63, 3.8) is 0 Å². The number of halogens is 1. The van der Waals surface area contributed by atoms with Gasteiger partial charge in [0.2, 0.25) is 5.91 Å². The van der Waals surface area contributed by atoms with Crippen LogP contribution in [0.5, 0.6) is 0 Å². The Labute approximate surface area is 167 Å². The molecule has 7 heteroatoms. The molecule has 1 aliphatic heterocycles. The highest BCUT2D eigenvalue weighted by Gasteiger charge is 2.39. The Hall–Kier alpha value is -1.89. The summed E-state index contributed by atoms with van der Waals surface area (Å²) in [5.41, 5.74) is 1.65. The van der Waals surface area contributed by atoms with Crippen molar-refractivity contribution >= 4 is 39.4 Å². The zero-order chi connectivity index (χ0) is 19.4. The number of carbonyl (C=O) groups is 3. The van der Waals surface area contributed by atoms with Crippen LogP contribution in [0, 0.1) is 12.8 Å². The number of ether oxygens (including phenoxy) is 1. The van der Waals surface area contributed by atoms with E-state index >= 15 is 0 Å². The fraction of sp³-hybridized carbons (Fsp3) is 0.550. The third-order valence-electron chi connectivity index (χ3n) is 5.29. The minimum atomic E-state index is -0.470. The van der Waals surface area contributed by atoms with Crippen LogP contribution in [0.2, 0.25) is 0 Å². The monoisotopic (exact) mass is 436 g/mol. The van der Waals surface area contributed by atoms with Crippen LogP contribution >= 0.6 is 15.9 Å². The fourth-order valence-corrected chi connectivity index (χ4v) is 4.06. The first-order valence-corrected chi connectivity index (χ1v) is 10.3. The zero-order valence-electron chi connectivity index (χ0n) is 15.5. The van der Waals surface area contributed by atoms with Crippen LogP contribution in [0.3, 0.4) is 0 Å². The quantitative estimate of drug-likeness (QED) is 0.717. The van der Waals surface area contributed by atoms with Crippen molar-refractivity contribution in [3.8, 4) is 0 Å². The van der Waals surface area contributed by atoms with Gasteiger partial charge in [-0.3, -0.25) is 14.4 Å². The van der Waals surface area contributed by atoms with Crippen LogP contribution < -0.4 is 5.32 Å². The molecule has 0 unspecified atom stereocenters. The van der Waals surface area contributed by atoms with Crippen molar-refractivity contribution in [2.24, 2.45) is 5.92 Å². The normalized spacial score (nSPS) is 20.6. The van der Waals surface area contributed by atoms with Crippen LogP contribution in [0.15, 0.2) is 22.7 Å². The van der Waals surface area contributed by atoms with E-state index in [2.05, 4.69) is 21.2 Å². The third kappa shape index (κ3) is 5.09. The van der Waals surface area contributed by atoms with Gasteiger partial charge in [-0.15, -0.1) is 0 Å². The van der Waals surface area contributed by atoms with Gasteiger partial charge in [-0.25, -0.2) is 0 Å². The number of nitrogens with zero attached hydrogens (tertiary/aromatic N) is 1. The molecule has 0 aromatic heterocycles. The molecule has 2 aliphatic rings. The molecule has 6 nitrogen and oxygen atoms in total. The Bertz CT molecular complexity index is 731. The van der Waals surface area contributed by atoms with E-state index in [1.54, 1.807) is 6.07 Å². The average Bonchev–Trinajstić information content (AvgIpc) is 3.05. The van der Waals surface area contributed by atoms with Gasteiger partial charge in [0.1, 0.15) is 0 Å². The van der Waals surface area contributed by atoms with Crippen molar-refractivity contribution in [2.75, 3.05) is 18.5 Å². The largest absolute Gasteiger partial charge is 0.455 e. The maximum Gasteiger partial charge on any atom is 0.311 e. The van der Waals surface area contributed by atoms with Crippen molar-refractivity contribution in [1.29, 1.82) is 0 Å². The molecule has 27 heavy (non-hydrogen) atoms. The lowest BCUT2D eigenvalue weighted by molar-refractivity contribution is -0.151. The molecule has 1 N–H and O–H groups in total. The highest BCUT2D eigenvalue weighted by molar-refractivity contribution is 9.10. The standard InChI is InChI=1S/C20H25BrN2O4/c1-13-9-15(7-8-17(13)21)22-18(24)12-27-20(26)14-10-19(25)23(11-14)16-5-3-2-4-6-16/h7-9,14,16H,2-6,10-12H2,1H3,(H,22,24)/t14-/m0/s1. The number of likely N-dealkylation sites (tertiary alicyclic amines) is 1. The van der Waals surface area contributed by atoms with Crippen LogP contribution in [-0.4, -0.2) is 41.9 Å². The summed E-state index contributed by atoms with van der Waals surface area (Å²) in [5, 5.41) is 2.71. The van der Waals surface area contributed by atoms with Gasteiger partial charge in [0.05, 0.1) is 5.92 Å². The summed E-state index contributed by atoms with van der Waals surface area (Å²) < 4.78 is 6.12. The lowest BCUT2D eigenvalue weighted by Gasteiger charge is -2.31. The number of amides is 2.